The van der Waals surface area contributed by atoms with Crippen molar-refractivity contribution in [3.8, 4) is 5.75 Å². The summed E-state index contributed by atoms with van der Waals surface area (Å²) in [6.07, 6.45) is 1.50. The Bertz CT molecular complexity index is 770. The number of benzene rings is 2. The van der Waals surface area contributed by atoms with Crippen LogP contribution in [0.2, 0.25) is 0 Å². The van der Waals surface area contributed by atoms with Gasteiger partial charge in [0, 0.05) is 17.8 Å². The van der Waals surface area contributed by atoms with Gasteiger partial charge in [0.15, 0.2) is 6.61 Å². The molecule has 6 nitrogen and oxygen atoms in total. The summed E-state index contributed by atoms with van der Waals surface area (Å²) >= 11 is 0. The molecule has 1 amide bonds. The van der Waals surface area contributed by atoms with Gasteiger partial charge >= 0.3 is 5.69 Å². The molecule has 0 aliphatic carbocycles. The van der Waals surface area contributed by atoms with Gasteiger partial charge in [0.05, 0.1) is 4.92 Å². The first-order chi connectivity index (χ1) is 12.0. The van der Waals surface area contributed by atoms with Gasteiger partial charge in [-0.1, -0.05) is 32.0 Å². The number of aryl methyl sites for hydroxylation is 2. The number of carbonyl (C=O) groups excluding carboxylic acids is 1. The summed E-state index contributed by atoms with van der Waals surface area (Å²) in [7, 11) is 0. The predicted molar refractivity (Wildman–Crippen MR) is 92.4 cm³/mol. The zero-order chi connectivity index (χ0) is 18.4. The molecule has 0 saturated heterocycles. The van der Waals surface area contributed by atoms with Crippen LogP contribution in [0.25, 0.3) is 0 Å². The van der Waals surface area contributed by atoms with E-state index in [-0.39, 0.29) is 5.75 Å². The van der Waals surface area contributed by atoms with Crippen LogP contribution in [0.1, 0.15) is 25.0 Å². The summed E-state index contributed by atoms with van der Waals surface area (Å²) in [5, 5.41) is 13.7. The van der Waals surface area contributed by atoms with Gasteiger partial charge < -0.3 is 10.1 Å². The second-order valence-electron chi connectivity index (χ2n) is 5.36. The smallest absolute Gasteiger partial charge is 0.311 e. The molecule has 2 aromatic rings. The van der Waals surface area contributed by atoms with Crippen LogP contribution in [-0.4, -0.2) is 17.4 Å². The van der Waals surface area contributed by atoms with Crippen LogP contribution in [0.5, 0.6) is 5.75 Å². The van der Waals surface area contributed by atoms with Gasteiger partial charge in [-0.2, -0.15) is 0 Å². The van der Waals surface area contributed by atoms with E-state index in [1.807, 2.05) is 32.0 Å². The first-order valence-corrected chi connectivity index (χ1v) is 7.93. The Morgan fingerprint density at radius 1 is 1.20 bits per heavy atom. The third kappa shape index (κ3) is 4.53. The summed E-state index contributed by atoms with van der Waals surface area (Å²) in [6.45, 7) is 3.51. The molecule has 0 aliphatic rings. The average molecular weight is 346 g/mol. The minimum absolute atomic E-state index is 0.278. The van der Waals surface area contributed by atoms with E-state index >= 15 is 0 Å². The highest BCUT2D eigenvalue weighted by Crippen LogP contribution is 2.27. The number of nitrogens with zero attached hydrogens (tertiary/aromatic N) is 1. The van der Waals surface area contributed by atoms with Crippen LogP contribution >= 0.6 is 0 Å². The van der Waals surface area contributed by atoms with Crippen LogP contribution in [0.3, 0.4) is 0 Å². The SMILES string of the molecule is CCc1cccc(CC)c1NC(=O)COc1cc(F)ccc1[N+](=O)[O-]. The highest BCUT2D eigenvalue weighted by molar-refractivity contribution is 5.93. The van der Waals surface area contributed by atoms with Crippen molar-refractivity contribution in [2.24, 2.45) is 0 Å². The number of anilines is 1. The van der Waals surface area contributed by atoms with E-state index < -0.39 is 28.9 Å². The molecule has 0 heterocycles. The number of ether oxygens (including phenoxy) is 1. The van der Waals surface area contributed by atoms with E-state index in [4.69, 9.17) is 4.74 Å². The zero-order valence-corrected chi connectivity index (χ0v) is 14.0. The van der Waals surface area contributed by atoms with E-state index in [9.17, 15) is 19.3 Å². The molecular weight excluding hydrogens is 327 g/mol. The molecule has 0 bridgehead atoms. The van der Waals surface area contributed by atoms with E-state index in [1.54, 1.807) is 0 Å². The molecule has 0 aliphatic heterocycles. The maximum Gasteiger partial charge on any atom is 0.311 e. The summed E-state index contributed by atoms with van der Waals surface area (Å²) in [4.78, 5) is 22.4. The Morgan fingerprint density at radius 2 is 1.84 bits per heavy atom. The maximum absolute atomic E-state index is 13.3. The van der Waals surface area contributed by atoms with Gasteiger partial charge in [-0.25, -0.2) is 4.39 Å². The lowest BCUT2D eigenvalue weighted by atomic mass is 10.0. The molecule has 0 atom stereocenters. The standard InChI is InChI=1S/C18H19FN2O4/c1-3-12-6-5-7-13(4-2)18(12)20-17(22)11-25-16-10-14(19)8-9-15(16)21(23)24/h5-10H,3-4,11H2,1-2H3,(H,20,22). The van der Waals surface area contributed by atoms with Crippen LogP contribution in [0.4, 0.5) is 15.8 Å². The van der Waals surface area contributed by atoms with Crippen LogP contribution in [0.15, 0.2) is 36.4 Å². The highest BCUT2D eigenvalue weighted by Gasteiger charge is 2.18. The monoisotopic (exact) mass is 346 g/mol. The zero-order valence-electron chi connectivity index (χ0n) is 14.0. The number of amides is 1. The maximum atomic E-state index is 13.3. The number of nitro benzene ring substituents is 1. The van der Waals surface area contributed by atoms with Gasteiger partial charge in [0.1, 0.15) is 5.82 Å². The molecule has 0 saturated carbocycles. The van der Waals surface area contributed by atoms with Crippen molar-refractivity contribution in [2.45, 2.75) is 26.7 Å². The van der Waals surface area contributed by atoms with Gasteiger partial charge in [-0.15, -0.1) is 0 Å². The fraction of sp³-hybridized carbons (Fsp3) is 0.278. The lowest BCUT2D eigenvalue weighted by Gasteiger charge is -2.14. The highest BCUT2D eigenvalue weighted by atomic mass is 19.1. The van der Waals surface area contributed by atoms with Gasteiger partial charge in [-0.3, -0.25) is 14.9 Å². The number of hydrogen-bond acceptors (Lipinski definition) is 4. The van der Waals surface area contributed by atoms with Gasteiger partial charge in [0.25, 0.3) is 5.91 Å². The number of nitrogens with one attached hydrogen (secondary N) is 1. The molecule has 0 radical (unpaired) electrons. The average Bonchev–Trinajstić information content (AvgIpc) is 2.59. The summed E-state index contributed by atoms with van der Waals surface area (Å²) < 4.78 is 18.4. The summed E-state index contributed by atoms with van der Waals surface area (Å²) in [5.41, 5.74) is 2.32. The first-order valence-electron chi connectivity index (χ1n) is 7.93. The largest absolute Gasteiger partial charge is 0.477 e. The van der Waals surface area contributed by atoms with Crippen molar-refractivity contribution in [3.63, 3.8) is 0 Å². The van der Waals surface area contributed by atoms with Gasteiger partial charge in [-0.05, 0) is 30.0 Å². The molecule has 0 aromatic heterocycles. The van der Waals surface area contributed by atoms with Crippen molar-refractivity contribution >= 4 is 17.3 Å². The third-order valence-electron chi connectivity index (χ3n) is 3.74. The van der Waals surface area contributed by atoms with Gasteiger partial charge in [0.2, 0.25) is 5.75 Å². The molecule has 0 spiro atoms. The Labute approximate surface area is 144 Å². The fourth-order valence-electron chi connectivity index (χ4n) is 2.48. The van der Waals surface area contributed by atoms with E-state index in [0.29, 0.717) is 0 Å². The Morgan fingerprint density at radius 3 is 2.40 bits per heavy atom. The molecule has 7 heteroatoms. The van der Waals surface area contributed by atoms with Crippen molar-refractivity contribution in [3.05, 3.63) is 63.5 Å². The Balaban J connectivity index is 2.13. The van der Waals surface area contributed by atoms with Crippen molar-refractivity contribution in [2.75, 3.05) is 11.9 Å². The van der Waals surface area contributed by atoms with E-state index in [0.717, 1.165) is 47.9 Å². The molecular formula is C18H19FN2O4. The number of carbonyl (C=O) groups is 1. The van der Waals surface area contributed by atoms with Crippen molar-refractivity contribution in [1.82, 2.24) is 0 Å². The number of halogens is 1. The number of para-hydroxylation sites is 1. The lowest BCUT2D eigenvalue weighted by molar-refractivity contribution is -0.385. The minimum atomic E-state index is -0.686. The second kappa shape index (κ2) is 8.23. The quantitative estimate of drug-likeness (QED) is 0.609. The number of hydrogen-bond donors (Lipinski definition) is 1. The van der Waals surface area contributed by atoms with Crippen molar-refractivity contribution in [1.29, 1.82) is 0 Å². The first kappa shape index (κ1) is 18.4. The minimum Gasteiger partial charge on any atom is -0.477 e. The van der Waals surface area contributed by atoms with Crippen molar-refractivity contribution < 1.29 is 18.8 Å². The molecule has 25 heavy (non-hydrogen) atoms. The molecule has 132 valence electrons. The second-order valence-corrected chi connectivity index (χ2v) is 5.36. The van der Waals surface area contributed by atoms with E-state index in [1.165, 1.54) is 0 Å². The van der Waals surface area contributed by atoms with Crippen LogP contribution in [0, 0.1) is 15.9 Å². The molecule has 0 fully saturated rings. The van der Waals surface area contributed by atoms with Crippen LogP contribution in [-0.2, 0) is 17.6 Å². The number of nitro groups is 1. The van der Waals surface area contributed by atoms with Crippen LogP contribution < -0.4 is 10.1 Å². The Hall–Kier alpha value is -2.96. The lowest BCUT2D eigenvalue weighted by Crippen LogP contribution is -2.22. The molecule has 0 unspecified atom stereocenters. The number of rotatable bonds is 7. The molecule has 1 N–H and O–H groups in total. The third-order valence-corrected chi connectivity index (χ3v) is 3.74. The topological polar surface area (TPSA) is 81.5 Å². The summed E-state index contributed by atoms with van der Waals surface area (Å²) in [5.74, 6) is -1.42. The normalized spacial score (nSPS) is 10.4. The predicted octanol–water partition coefficient (Wildman–Crippen LogP) is 3.88. The fourth-order valence-corrected chi connectivity index (χ4v) is 2.48. The Kier molecular flexibility index (Phi) is 6.05. The molecule has 2 aromatic carbocycles. The summed E-state index contributed by atoms with van der Waals surface area (Å²) in [6, 6.07) is 8.64. The molecule has 2 rings (SSSR count). The van der Waals surface area contributed by atoms with E-state index in [2.05, 4.69) is 5.32 Å².